The molecule has 13 heavy (non-hydrogen) atoms. The molecule has 0 aliphatic carbocycles. The van der Waals surface area contributed by atoms with Gasteiger partial charge in [-0.2, -0.15) is 0 Å². The summed E-state index contributed by atoms with van der Waals surface area (Å²) in [6.07, 6.45) is 3.43. The van der Waals surface area contributed by atoms with Gasteiger partial charge < -0.3 is 0 Å². The van der Waals surface area contributed by atoms with Gasteiger partial charge >= 0.3 is 0 Å². The number of fused-ring (bicyclic) bond motifs is 1. The minimum absolute atomic E-state index is 0.679. The van der Waals surface area contributed by atoms with Crippen LogP contribution >= 0.6 is 27.5 Å². The number of nitrogens with zero attached hydrogens (tertiary/aromatic N) is 2. The second-order valence-electron chi connectivity index (χ2n) is 2.71. The number of rotatable bonds is 0. The Bertz CT molecular complexity index is 470. The zero-order valence-electron chi connectivity index (χ0n) is 6.88. The van der Waals surface area contributed by atoms with Crippen molar-refractivity contribution in [1.29, 1.82) is 0 Å². The molecule has 2 rings (SSSR count). The van der Waals surface area contributed by atoms with Crippen LogP contribution in [-0.2, 0) is 0 Å². The van der Waals surface area contributed by atoms with E-state index in [1.54, 1.807) is 18.5 Å². The molecule has 0 atom stereocenters. The smallest absolute Gasteiger partial charge is 0.0892 e. The normalized spacial score (nSPS) is 10.7. The Morgan fingerprint density at radius 3 is 2.92 bits per heavy atom. The number of aryl methyl sites for hydroxylation is 1. The van der Waals surface area contributed by atoms with E-state index in [4.69, 9.17) is 11.6 Å². The second-order valence-corrected chi connectivity index (χ2v) is 3.91. The standard InChI is InChI=1S/C9H6BrClN2/c1-5-8(10)9-6(4-13-5)7(11)2-3-12-9/h2-4H,1H3. The number of hydrogen-bond donors (Lipinski definition) is 0. The van der Waals surface area contributed by atoms with Crippen molar-refractivity contribution in [2.45, 2.75) is 6.92 Å². The molecule has 0 amide bonds. The molecule has 4 heteroatoms. The highest BCUT2D eigenvalue weighted by Crippen LogP contribution is 2.27. The van der Waals surface area contributed by atoms with Crippen LogP contribution in [0.25, 0.3) is 10.9 Å². The van der Waals surface area contributed by atoms with Crippen molar-refractivity contribution < 1.29 is 0 Å². The van der Waals surface area contributed by atoms with Crippen LogP contribution in [0.3, 0.4) is 0 Å². The van der Waals surface area contributed by atoms with Crippen LogP contribution < -0.4 is 0 Å². The second kappa shape index (κ2) is 3.24. The lowest BCUT2D eigenvalue weighted by Crippen LogP contribution is -1.87. The summed E-state index contributed by atoms with van der Waals surface area (Å²) in [6, 6.07) is 1.76. The average Bonchev–Trinajstić information content (AvgIpc) is 2.12. The highest BCUT2D eigenvalue weighted by molar-refractivity contribution is 9.10. The minimum atomic E-state index is 0.679. The van der Waals surface area contributed by atoms with Crippen molar-refractivity contribution in [3.05, 3.63) is 33.6 Å². The first-order valence-electron chi connectivity index (χ1n) is 3.75. The number of aromatic nitrogens is 2. The van der Waals surface area contributed by atoms with Crippen molar-refractivity contribution in [1.82, 2.24) is 9.97 Å². The summed E-state index contributed by atoms with van der Waals surface area (Å²) in [6.45, 7) is 1.92. The fraction of sp³-hybridized carbons (Fsp3) is 0.111. The molecule has 2 heterocycles. The Balaban J connectivity index is 2.94. The number of halogens is 2. The Morgan fingerprint density at radius 2 is 2.15 bits per heavy atom. The Kier molecular flexibility index (Phi) is 2.22. The summed E-state index contributed by atoms with van der Waals surface area (Å²) < 4.78 is 0.910. The molecule has 0 bridgehead atoms. The molecule has 2 nitrogen and oxygen atoms in total. The summed E-state index contributed by atoms with van der Waals surface area (Å²) in [7, 11) is 0. The summed E-state index contributed by atoms with van der Waals surface area (Å²) in [5.41, 5.74) is 1.78. The van der Waals surface area contributed by atoms with Crippen LogP contribution in [0.4, 0.5) is 0 Å². The molecule has 0 aliphatic heterocycles. The molecule has 0 aromatic carbocycles. The maximum atomic E-state index is 5.98. The van der Waals surface area contributed by atoms with Crippen LogP contribution in [0, 0.1) is 6.92 Å². The zero-order valence-corrected chi connectivity index (χ0v) is 9.22. The Hall–Kier alpha value is -0.670. The highest BCUT2D eigenvalue weighted by Gasteiger charge is 2.06. The van der Waals surface area contributed by atoms with Crippen molar-refractivity contribution in [2.75, 3.05) is 0 Å². The molecule has 0 saturated carbocycles. The number of hydrogen-bond acceptors (Lipinski definition) is 2. The van der Waals surface area contributed by atoms with Gasteiger partial charge in [-0.25, -0.2) is 0 Å². The van der Waals surface area contributed by atoms with Crippen LogP contribution in [-0.4, -0.2) is 9.97 Å². The molecule has 2 aromatic rings. The van der Waals surface area contributed by atoms with E-state index in [-0.39, 0.29) is 0 Å². The third kappa shape index (κ3) is 1.42. The van der Waals surface area contributed by atoms with Gasteiger partial charge in [0.05, 0.1) is 20.7 Å². The van der Waals surface area contributed by atoms with Gasteiger partial charge in [0.1, 0.15) is 0 Å². The highest BCUT2D eigenvalue weighted by atomic mass is 79.9. The van der Waals surface area contributed by atoms with Crippen molar-refractivity contribution in [3.63, 3.8) is 0 Å². The maximum absolute atomic E-state index is 5.98. The molecule has 0 spiro atoms. The van der Waals surface area contributed by atoms with E-state index in [1.807, 2.05) is 6.92 Å². The van der Waals surface area contributed by atoms with Crippen LogP contribution in [0.5, 0.6) is 0 Å². The average molecular weight is 258 g/mol. The quantitative estimate of drug-likeness (QED) is 0.723. The molecule has 2 aromatic heterocycles. The first-order chi connectivity index (χ1) is 6.20. The predicted molar refractivity (Wildman–Crippen MR) is 57.0 cm³/mol. The van der Waals surface area contributed by atoms with Gasteiger partial charge in [0, 0.05) is 17.8 Å². The van der Waals surface area contributed by atoms with Crippen molar-refractivity contribution in [3.8, 4) is 0 Å². The fourth-order valence-electron chi connectivity index (χ4n) is 1.14. The molecular formula is C9H6BrClN2. The van der Waals surface area contributed by atoms with Crippen LogP contribution in [0.2, 0.25) is 5.02 Å². The Morgan fingerprint density at radius 1 is 1.38 bits per heavy atom. The van der Waals surface area contributed by atoms with Gasteiger partial charge in [-0.3, -0.25) is 9.97 Å². The third-order valence-corrected chi connectivity index (χ3v) is 3.13. The van der Waals surface area contributed by atoms with Gasteiger partial charge in [-0.1, -0.05) is 11.6 Å². The van der Waals surface area contributed by atoms with E-state index < -0.39 is 0 Å². The fourth-order valence-corrected chi connectivity index (χ4v) is 1.75. The number of pyridine rings is 2. The largest absolute Gasteiger partial charge is 0.260 e. The maximum Gasteiger partial charge on any atom is 0.0892 e. The van der Waals surface area contributed by atoms with E-state index in [0.717, 1.165) is 21.1 Å². The van der Waals surface area contributed by atoms with Gasteiger partial charge in [0.25, 0.3) is 0 Å². The van der Waals surface area contributed by atoms with E-state index in [1.165, 1.54) is 0 Å². The third-order valence-electron chi connectivity index (χ3n) is 1.85. The van der Waals surface area contributed by atoms with E-state index in [9.17, 15) is 0 Å². The zero-order chi connectivity index (χ0) is 9.42. The first-order valence-corrected chi connectivity index (χ1v) is 4.92. The SMILES string of the molecule is Cc1ncc2c(Cl)ccnc2c1Br. The van der Waals surface area contributed by atoms with Crippen LogP contribution in [0.1, 0.15) is 5.69 Å². The molecule has 0 fully saturated rings. The van der Waals surface area contributed by atoms with Crippen molar-refractivity contribution in [2.24, 2.45) is 0 Å². The minimum Gasteiger partial charge on any atom is -0.260 e. The van der Waals surface area contributed by atoms with Gasteiger partial charge in [0.2, 0.25) is 0 Å². The van der Waals surface area contributed by atoms with Crippen LogP contribution in [0.15, 0.2) is 22.9 Å². The monoisotopic (exact) mass is 256 g/mol. The molecule has 66 valence electrons. The first kappa shape index (κ1) is 8.91. The molecule has 0 radical (unpaired) electrons. The van der Waals surface area contributed by atoms with E-state index in [2.05, 4.69) is 25.9 Å². The molecular weight excluding hydrogens is 251 g/mol. The summed E-state index contributed by atoms with van der Waals surface area (Å²) in [4.78, 5) is 8.43. The summed E-state index contributed by atoms with van der Waals surface area (Å²) in [5.74, 6) is 0. The lowest BCUT2D eigenvalue weighted by atomic mass is 10.2. The molecule has 0 unspecified atom stereocenters. The van der Waals surface area contributed by atoms with Gasteiger partial charge in [-0.15, -0.1) is 0 Å². The lowest BCUT2D eigenvalue weighted by Gasteiger charge is -2.02. The summed E-state index contributed by atoms with van der Waals surface area (Å²) >= 11 is 9.41. The van der Waals surface area contributed by atoms with Gasteiger partial charge in [0.15, 0.2) is 0 Å². The molecule has 0 N–H and O–H groups in total. The van der Waals surface area contributed by atoms with E-state index in [0.29, 0.717) is 5.02 Å². The topological polar surface area (TPSA) is 25.8 Å². The molecule has 0 saturated heterocycles. The van der Waals surface area contributed by atoms with Crippen molar-refractivity contribution >= 4 is 38.4 Å². The molecule has 0 aliphatic rings. The van der Waals surface area contributed by atoms with Gasteiger partial charge in [-0.05, 0) is 28.9 Å². The van der Waals surface area contributed by atoms with E-state index >= 15 is 0 Å². The lowest BCUT2D eigenvalue weighted by molar-refractivity contribution is 1.19. The predicted octanol–water partition coefficient (Wildman–Crippen LogP) is 3.35. The summed E-state index contributed by atoms with van der Waals surface area (Å²) in [5, 5.41) is 1.56. The Labute approximate surface area is 89.1 Å².